The Bertz CT molecular complexity index is 464. The SMILES string of the molecule is COc1cc(C)ccc1C(=O)CN(C)C1CCCCC1. The second-order valence-electron chi connectivity index (χ2n) is 5.83. The average molecular weight is 275 g/mol. The van der Waals surface area contributed by atoms with Gasteiger partial charge in [-0.2, -0.15) is 0 Å². The number of ketones is 1. The number of nitrogens with zero attached hydrogens (tertiary/aromatic N) is 1. The van der Waals surface area contributed by atoms with E-state index in [0.29, 0.717) is 23.9 Å². The molecule has 0 N–H and O–H groups in total. The van der Waals surface area contributed by atoms with Crippen LogP contribution in [0.4, 0.5) is 0 Å². The zero-order valence-electron chi connectivity index (χ0n) is 12.8. The Kier molecular flexibility index (Phi) is 5.18. The summed E-state index contributed by atoms with van der Waals surface area (Å²) in [4.78, 5) is 14.7. The minimum atomic E-state index is 0.148. The van der Waals surface area contributed by atoms with Crippen LogP contribution in [-0.4, -0.2) is 37.4 Å². The highest BCUT2D eigenvalue weighted by Crippen LogP contribution is 2.24. The number of rotatable bonds is 5. The van der Waals surface area contributed by atoms with Gasteiger partial charge in [0.05, 0.1) is 19.2 Å². The molecule has 0 saturated heterocycles. The number of aryl methyl sites for hydroxylation is 1. The number of carbonyl (C=O) groups excluding carboxylic acids is 1. The second-order valence-corrected chi connectivity index (χ2v) is 5.83. The number of hydrogen-bond acceptors (Lipinski definition) is 3. The predicted octanol–water partition coefficient (Wildman–Crippen LogP) is 3.45. The van der Waals surface area contributed by atoms with E-state index >= 15 is 0 Å². The quantitative estimate of drug-likeness (QED) is 0.771. The molecule has 1 aromatic carbocycles. The third-order valence-corrected chi connectivity index (χ3v) is 4.25. The highest BCUT2D eigenvalue weighted by Gasteiger charge is 2.21. The molecule has 0 aliphatic heterocycles. The summed E-state index contributed by atoms with van der Waals surface area (Å²) in [6, 6.07) is 6.33. The Morgan fingerprint density at radius 1 is 1.30 bits per heavy atom. The molecule has 1 aromatic rings. The van der Waals surface area contributed by atoms with Crippen LogP contribution in [0.1, 0.15) is 48.0 Å². The highest BCUT2D eigenvalue weighted by molar-refractivity contribution is 6.00. The number of Topliss-reactive ketones (excluding diaryl/α,β-unsaturated/α-hetero) is 1. The molecule has 2 rings (SSSR count). The van der Waals surface area contributed by atoms with Gasteiger partial charge in [-0.05, 0) is 44.5 Å². The lowest BCUT2D eigenvalue weighted by atomic mass is 9.94. The van der Waals surface area contributed by atoms with Crippen molar-refractivity contribution < 1.29 is 9.53 Å². The van der Waals surface area contributed by atoms with E-state index < -0.39 is 0 Å². The first-order chi connectivity index (χ1) is 9.61. The molecule has 3 heteroatoms. The Morgan fingerprint density at radius 2 is 2.00 bits per heavy atom. The molecule has 0 amide bonds. The topological polar surface area (TPSA) is 29.5 Å². The van der Waals surface area contributed by atoms with E-state index in [2.05, 4.69) is 11.9 Å². The van der Waals surface area contributed by atoms with E-state index in [9.17, 15) is 4.79 Å². The molecule has 0 bridgehead atoms. The smallest absolute Gasteiger partial charge is 0.180 e. The van der Waals surface area contributed by atoms with Gasteiger partial charge in [-0.25, -0.2) is 0 Å². The van der Waals surface area contributed by atoms with E-state index in [4.69, 9.17) is 4.74 Å². The Labute approximate surface area is 121 Å². The fraction of sp³-hybridized carbons (Fsp3) is 0.588. The number of benzene rings is 1. The molecule has 1 fully saturated rings. The summed E-state index contributed by atoms with van der Waals surface area (Å²) in [7, 11) is 3.69. The third kappa shape index (κ3) is 3.60. The van der Waals surface area contributed by atoms with Crippen LogP contribution in [0.2, 0.25) is 0 Å². The molecule has 0 aromatic heterocycles. The molecule has 0 heterocycles. The molecule has 3 nitrogen and oxygen atoms in total. The monoisotopic (exact) mass is 275 g/mol. The van der Waals surface area contributed by atoms with Crippen LogP contribution in [-0.2, 0) is 0 Å². The van der Waals surface area contributed by atoms with Gasteiger partial charge in [-0.1, -0.05) is 25.3 Å². The van der Waals surface area contributed by atoms with E-state index in [1.54, 1.807) is 7.11 Å². The van der Waals surface area contributed by atoms with E-state index in [1.165, 1.54) is 32.1 Å². The van der Waals surface area contributed by atoms with Crippen molar-refractivity contribution in [1.29, 1.82) is 0 Å². The lowest BCUT2D eigenvalue weighted by Gasteiger charge is -2.30. The lowest BCUT2D eigenvalue weighted by Crippen LogP contribution is -2.37. The molecule has 0 spiro atoms. The number of methoxy groups -OCH3 is 1. The van der Waals surface area contributed by atoms with Gasteiger partial charge in [0.2, 0.25) is 0 Å². The summed E-state index contributed by atoms with van der Waals surface area (Å²) in [5, 5.41) is 0. The summed E-state index contributed by atoms with van der Waals surface area (Å²) in [6.45, 7) is 2.48. The Morgan fingerprint density at radius 3 is 2.65 bits per heavy atom. The van der Waals surface area contributed by atoms with Crippen LogP contribution in [0.5, 0.6) is 5.75 Å². The molecule has 1 saturated carbocycles. The van der Waals surface area contributed by atoms with Crippen LogP contribution in [0.15, 0.2) is 18.2 Å². The molecule has 1 aliphatic carbocycles. The number of likely N-dealkylation sites (N-methyl/N-ethyl adjacent to an activating group) is 1. The molecular weight excluding hydrogens is 250 g/mol. The fourth-order valence-electron chi connectivity index (χ4n) is 2.99. The van der Waals surface area contributed by atoms with Crippen molar-refractivity contribution in [3.8, 4) is 5.75 Å². The highest BCUT2D eigenvalue weighted by atomic mass is 16.5. The van der Waals surface area contributed by atoms with Crippen molar-refractivity contribution in [2.24, 2.45) is 0 Å². The van der Waals surface area contributed by atoms with E-state index in [-0.39, 0.29) is 5.78 Å². The molecule has 20 heavy (non-hydrogen) atoms. The van der Waals surface area contributed by atoms with Gasteiger partial charge in [-0.15, -0.1) is 0 Å². The van der Waals surface area contributed by atoms with Crippen molar-refractivity contribution >= 4 is 5.78 Å². The summed E-state index contributed by atoms with van der Waals surface area (Å²) >= 11 is 0. The second kappa shape index (κ2) is 6.89. The van der Waals surface area contributed by atoms with Gasteiger partial charge < -0.3 is 4.74 Å². The minimum absolute atomic E-state index is 0.148. The van der Waals surface area contributed by atoms with Crippen molar-refractivity contribution in [2.75, 3.05) is 20.7 Å². The number of carbonyl (C=O) groups is 1. The van der Waals surface area contributed by atoms with Crippen molar-refractivity contribution in [3.63, 3.8) is 0 Å². The fourth-order valence-corrected chi connectivity index (χ4v) is 2.99. The van der Waals surface area contributed by atoms with Crippen molar-refractivity contribution in [3.05, 3.63) is 29.3 Å². The zero-order chi connectivity index (χ0) is 14.5. The summed E-state index contributed by atoms with van der Waals surface area (Å²) in [6.07, 6.45) is 6.35. The van der Waals surface area contributed by atoms with Gasteiger partial charge in [0.1, 0.15) is 5.75 Å². The maximum atomic E-state index is 12.5. The largest absolute Gasteiger partial charge is 0.496 e. The summed E-state index contributed by atoms with van der Waals surface area (Å²) in [5.41, 5.74) is 1.81. The molecule has 1 aliphatic rings. The molecule has 110 valence electrons. The standard InChI is InChI=1S/C17H25NO2/c1-13-9-10-15(17(11-13)20-3)16(19)12-18(2)14-7-5-4-6-8-14/h9-11,14H,4-8,12H2,1-3H3. The van der Waals surface area contributed by atoms with Crippen LogP contribution in [0.3, 0.4) is 0 Å². The first-order valence-corrected chi connectivity index (χ1v) is 7.50. The summed E-state index contributed by atoms with van der Waals surface area (Å²) < 4.78 is 5.33. The van der Waals surface area contributed by atoms with Crippen molar-refractivity contribution in [1.82, 2.24) is 4.90 Å². The van der Waals surface area contributed by atoms with Gasteiger partial charge in [0.25, 0.3) is 0 Å². The first-order valence-electron chi connectivity index (χ1n) is 7.50. The summed E-state index contributed by atoms with van der Waals surface area (Å²) in [5.74, 6) is 0.835. The minimum Gasteiger partial charge on any atom is -0.496 e. The maximum absolute atomic E-state index is 12.5. The van der Waals surface area contributed by atoms with E-state index in [1.807, 2.05) is 25.1 Å². The maximum Gasteiger partial charge on any atom is 0.180 e. The molecular formula is C17H25NO2. The van der Waals surface area contributed by atoms with Crippen LogP contribution < -0.4 is 4.74 Å². The van der Waals surface area contributed by atoms with Gasteiger partial charge in [-0.3, -0.25) is 9.69 Å². The predicted molar refractivity (Wildman–Crippen MR) is 81.6 cm³/mol. The molecule has 0 unspecified atom stereocenters. The van der Waals surface area contributed by atoms with Gasteiger partial charge in [0.15, 0.2) is 5.78 Å². The molecule has 0 atom stereocenters. The first kappa shape index (κ1) is 15.0. The van der Waals surface area contributed by atoms with Gasteiger partial charge in [0, 0.05) is 6.04 Å². The average Bonchev–Trinajstić information content (AvgIpc) is 2.47. The number of ether oxygens (including phenoxy) is 1. The zero-order valence-corrected chi connectivity index (χ0v) is 12.8. The van der Waals surface area contributed by atoms with Crippen LogP contribution in [0.25, 0.3) is 0 Å². The Balaban J connectivity index is 2.03. The Hall–Kier alpha value is -1.35. The number of hydrogen-bond donors (Lipinski definition) is 0. The van der Waals surface area contributed by atoms with E-state index in [0.717, 1.165) is 5.56 Å². The lowest BCUT2D eigenvalue weighted by molar-refractivity contribution is 0.0896. The van der Waals surface area contributed by atoms with Gasteiger partial charge >= 0.3 is 0 Å². The third-order valence-electron chi connectivity index (χ3n) is 4.25. The normalized spacial score (nSPS) is 16.4. The van der Waals surface area contributed by atoms with Crippen LogP contribution in [0, 0.1) is 6.92 Å². The van der Waals surface area contributed by atoms with Crippen LogP contribution >= 0.6 is 0 Å². The molecule has 0 radical (unpaired) electrons. The van der Waals surface area contributed by atoms with Crippen molar-refractivity contribution in [2.45, 2.75) is 45.1 Å².